The van der Waals surface area contributed by atoms with Gasteiger partial charge in [0.15, 0.2) is 0 Å². The SMILES string of the molecule is CC(C)NC(=O)C(C)N(Cc1ccccc1N)C1CC1. The molecule has 20 heavy (non-hydrogen) atoms. The van der Waals surface area contributed by atoms with Crippen LogP contribution in [-0.4, -0.2) is 28.9 Å². The molecule has 0 aliphatic heterocycles. The summed E-state index contributed by atoms with van der Waals surface area (Å²) < 4.78 is 0. The van der Waals surface area contributed by atoms with E-state index in [1.54, 1.807) is 0 Å². The lowest BCUT2D eigenvalue weighted by atomic mass is 10.1. The zero-order chi connectivity index (χ0) is 14.7. The summed E-state index contributed by atoms with van der Waals surface area (Å²) in [6.07, 6.45) is 2.35. The zero-order valence-electron chi connectivity index (χ0n) is 12.6. The Morgan fingerprint density at radius 2 is 2.00 bits per heavy atom. The first kappa shape index (κ1) is 14.9. The summed E-state index contributed by atoms with van der Waals surface area (Å²) in [6, 6.07) is 8.46. The molecular weight excluding hydrogens is 250 g/mol. The van der Waals surface area contributed by atoms with Crippen molar-refractivity contribution in [2.75, 3.05) is 5.73 Å². The lowest BCUT2D eigenvalue weighted by Gasteiger charge is -2.29. The fraction of sp³-hybridized carbons (Fsp3) is 0.562. The van der Waals surface area contributed by atoms with Gasteiger partial charge in [0.05, 0.1) is 6.04 Å². The molecule has 1 amide bonds. The van der Waals surface area contributed by atoms with E-state index in [0.717, 1.165) is 17.8 Å². The normalized spacial score (nSPS) is 16.4. The van der Waals surface area contributed by atoms with Crippen molar-refractivity contribution in [1.29, 1.82) is 0 Å². The average Bonchev–Trinajstić information content (AvgIpc) is 3.20. The van der Waals surface area contributed by atoms with Gasteiger partial charge in [-0.25, -0.2) is 0 Å². The van der Waals surface area contributed by atoms with E-state index >= 15 is 0 Å². The van der Waals surface area contributed by atoms with E-state index in [0.29, 0.717) is 6.04 Å². The quantitative estimate of drug-likeness (QED) is 0.782. The molecule has 3 N–H and O–H groups in total. The fourth-order valence-electron chi connectivity index (χ4n) is 2.42. The average molecular weight is 275 g/mol. The number of anilines is 1. The minimum atomic E-state index is -0.121. The van der Waals surface area contributed by atoms with E-state index in [1.807, 2.05) is 45.0 Å². The van der Waals surface area contributed by atoms with Crippen LogP contribution in [0.5, 0.6) is 0 Å². The van der Waals surface area contributed by atoms with Crippen LogP contribution in [0.1, 0.15) is 39.2 Å². The summed E-state index contributed by atoms with van der Waals surface area (Å²) in [4.78, 5) is 14.5. The van der Waals surface area contributed by atoms with Gasteiger partial charge in [-0.15, -0.1) is 0 Å². The van der Waals surface area contributed by atoms with Crippen LogP contribution in [-0.2, 0) is 11.3 Å². The summed E-state index contributed by atoms with van der Waals surface area (Å²) >= 11 is 0. The monoisotopic (exact) mass is 275 g/mol. The van der Waals surface area contributed by atoms with Gasteiger partial charge in [-0.1, -0.05) is 18.2 Å². The molecule has 0 bridgehead atoms. The third kappa shape index (κ3) is 3.73. The number of nitrogens with one attached hydrogen (secondary N) is 1. The van der Waals surface area contributed by atoms with Crippen molar-refractivity contribution in [2.24, 2.45) is 0 Å². The number of nitrogens with two attached hydrogens (primary N) is 1. The van der Waals surface area contributed by atoms with Crippen molar-refractivity contribution >= 4 is 11.6 Å². The second kappa shape index (κ2) is 6.27. The molecule has 1 atom stereocenters. The number of carbonyl (C=O) groups excluding carboxylic acids is 1. The van der Waals surface area contributed by atoms with Crippen molar-refractivity contribution in [3.63, 3.8) is 0 Å². The highest BCUT2D eigenvalue weighted by atomic mass is 16.2. The Morgan fingerprint density at radius 1 is 1.35 bits per heavy atom. The maximum atomic E-state index is 12.2. The minimum Gasteiger partial charge on any atom is -0.398 e. The van der Waals surface area contributed by atoms with Crippen LogP contribution >= 0.6 is 0 Å². The Balaban J connectivity index is 2.07. The Bertz CT molecular complexity index is 469. The van der Waals surface area contributed by atoms with E-state index in [-0.39, 0.29) is 18.0 Å². The van der Waals surface area contributed by atoms with Crippen LogP contribution in [0, 0.1) is 0 Å². The standard InChI is InChI=1S/C16H25N3O/c1-11(2)18-16(20)12(3)19(14-8-9-14)10-13-6-4-5-7-15(13)17/h4-7,11-12,14H,8-10,17H2,1-3H3,(H,18,20). The summed E-state index contributed by atoms with van der Waals surface area (Å²) in [5.74, 6) is 0.0985. The molecule has 1 unspecified atom stereocenters. The van der Waals surface area contributed by atoms with Gasteiger partial charge in [-0.2, -0.15) is 0 Å². The van der Waals surface area contributed by atoms with Crippen LogP contribution in [0.2, 0.25) is 0 Å². The molecule has 4 nitrogen and oxygen atoms in total. The molecule has 0 heterocycles. The van der Waals surface area contributed by atoms with Gasteiger partial charge in [0.25, 0.3) is 0 Å². The molecule has 1 fully saturated rings. The lowest BCUT2D eigenvalue weighted by molar-refractivity contribution is -0.126. The van der Waals surface area contributed by atoms with E-state index in [4.69, 9.17) is 5.73 Å². The topological polar surface area (TPSA) is 58.4 Å². The maximum Gasteiger partial charge on any atom is 0.237 e. The van der Waals surface area contributed by atoms with Crippen LogP contribution in [0.4, 0.5) is 5.69 Å². The summed E-state index contributed by atoms with van der Waals surface area (Å²) in [5, 5.41) is 2.99. The van der Waals surface area contributed by atoms with Gasteiger partial charge in [-0.3, -0.25) is 9.69 Å². The predicted octanol–water partition coefficient (Wildman–Crippen LogP) is 2.15. The highest BCUT2D eigenvalue weighted by Crippen LogP contribution is 2.31. The third-order valence-electron chi connectivity index (χ3n) is 3.73. The summed E-state index contributed by atoms with van der Waals surface area (Å²) in [5.41, 5.74) is 7.92. The molecule has 0 saturated heterocycles. The first-order chi connectivity index (χ1) is 9.49. The molecule has 1 saturated carbocycles. The van der Waals surface area contributed by atoms with E-state index in [9.17, 15) is 4.79 Å². The van der Waals surface area contributed by atoms with E-state index in [2.05, 4.69) is 10.2 Å². The smallest absolute Gasteiger partial charge is 0.237 e. The second-order valence-corrected chi connectivity index (χ2v) is 5.94. The summed E-state index contributed by atoms with van der Waals surface area (Å²) in [7, 11) is 0. The number of nitrogens with zero attached hydrogens (tertiary/aromatic N) is 1. The van der Waals surface area contributed by atoms with Gasteiger partial charge in [0.2, 0.25) is 5.91 Å². The van der Waals surface area contributed by atoms with Crippen molar-refractivity contribution in [3.05, 3.63) is 29.8 Å². The number of nitrogen functional groups attached to an aromatic ring is 1. The van der Waals surface area contributed by atoms with Crippen LogP contribution in [0.25, 0.3) is 0 Å². The van der Waals surface area contributed by atoms with E-state index < -0.39 is 0 Å². The van der Waals surface area contributed by atoms with Crippen LogP contribution < -0.4 is 11.1 Å². The van der Waals surface area contributed by atoms with Gasteiger partial charge in [0, 0.05) is 24.3 Å². The van der Waals surface area contributed by atoms with Crippen molar-refractivity contribution in [2.45, 2.75) is 58.3 Å². The molecule has 0 aromatic heterocycles. The number of hydrogen-bond acceptors (Lipinski definition) is 3. The molecule has 110 valence electrons. The number of carbonyl (C=O) groups is 1. The maximum absolute atomic E-state index is 12.2. The molecule has 0 spiro atoms. The Morgan fingerprint density at radius 3 is 2.55 bits per heavy atom. The first-order valence-corrected chi connectivity index (χ1v) is 7.38. The molecule has 1 aromatic rings. The molecule has 4 heteroatoms. The Kier molecular flexibility index (Phi) is 4.65. The van der Waals surface area contributed by atoms with Gasteiger partial charge >= 0.3 is 0 Å². The highest BCUT2D eigenvalue weighted by Gasteiger charge is 2.35. The number of para-hydroxylation sites is 1. The number of hydrogen-bond donors (Lipinski definition) is 2. The van der Waals surface area contributed by atoms with Gasteiger partial charge in [0.1, 0.15) is 0 Å². The van der Waals surface area contributed by atoms with Crippen molar-refractivity contribution in [1.82, 2.24) is 10.2 Å². The highest BCUT2D eigenvalue weighted by molar-refractivity contribution is 5.81. The molecule has 1 aliphatic carbocycles. The largest absolute Gasteiger partial charge is 0.398 e. The number of rotatable bonds is 6. The molecular formula is C16H25N3O. The number of amides is 1. The van der Waals surface area contributed by atoms with Crippen LogP contribution in [0.3, 0.4) is 0 Å². The van der Waals surface area contributed by atoms with Crippen molar-refractivity contribution < 1.29 is 4.79 Å². The fourth-order valence-corrected chi connectivity index (χ4v) is 2.42. The van der Waals surface area contributed by atoms with Crippen molar-refractivity contribution in [3.8, 4) is 0 Å². The van der Waals surface area contributed by atoms with Gasteiger partial charge < -0.3 is 11.1 Å². The van der Waals surface area contributed by atoms with Gasteiger partial charge in [-0.05, 0) is 45.2 Å². The molecule has 1 aromatic carbocycles. The molecule has 2 rings (SSSR count). The minimum absolute atomic E-state index is 0.0985. The first-order valence-electron chi connectivity index (χ1n) is 7.38. The summed E-state index contributed by atoms with van der Waals surface area (Å²) in [6.45, 7) is 6.70. The number of benzene rings is 1. The zero-order valence-corrected chi connectivity index (χ0v) is 12.6. The Labute approximate surface area is 121 Å². The molecule has 0 radical (unpaired) electrons. The Hall–Kier alpha value is -1.55. The second-order valence-electron chi connectivity index (χ2n) is 5.94. The third-order valence-corrected chi connectivity index (χ3v) is 3.73. The van der Waals surface area contributed by atoms with Crippen LogP contribution in [0.15, 0.2) is 24.3 Å². The molecule has 1 aliphatic rings. The van der Waals surface area contributed by atoms with E-state index in [1.165, 1.54) is 12.8 Å². The lowest BCUT2D eigenvalue weighted by Crippen LogP contribution is -2.47. The predicted molar refractivity (Wildman–Crippen MR) is 82.2 cm³/mol.